The molecule has 0 fully saturated rings. The second-order valence-corrected chi connectivity index (χ2v) is 1.69. The van der Waals surface area contributed by atoms with E-state index in [1.165, 1.54) is 6.42 Å². The molecule has 0 aliphatic heterocycles. The molecule has 1 radical (unpaired) electrons. The topological polar surface area (TPSA) is 0 Å². The van der Waals surface area contributed by atoms with Crippen LogP contribution in [-0.2, 0) is 0 Å². The van der Waals surface area contributed by atoms with Gasteiger partial charge in [-0.05, 0) is 18.9 Å². The molecule has 0 saturated heterocycles. The summed E-state index contributed by atoms with van der Waals surface area (Å²) >= 11 is 0. The van der Waals surface area contributed by atoms with Gasteiger partial charge in [0.25, 0.3) is 0 Å². The van der Waals surface area contributed by atoms with E-state index in [2.05, 4.69) is 25.7 Å². The Hall–Kier alpha value is -0.520. The van der Waals surface area contributed by atoms with Gasteiger partial charge in [0.15, 0.2) is 0 Å². The smallest absolute Gasteiger partial charge is 0.0101 e. The van der Waals surface area contributed by atoms with Crippen molar-refractivity contribution in [3.05, 3.63) is 24.8 Å². The van der Waals surface area contributed by atoms with Gasteiger partial charge >= 0.3 is 0 Å². The molecule has 0 spiro atoms. The van der Waals surface area contributed by atoms with E-state index in [0.717, 1.165) is 12.8 Å². The number of unbranched alkanes of at least 4 members (excludes halogenated alkanes) is 1. The molecule has 8 heavy (non-hydrogen) atoms. The third-order valence-corrected chi connectivity index (χ3v) is 0.840. The molecule has 0 aromatic carbocycles. The lowest BCUT2D eigenvalue weighted by atomic mass is 10.3. The van der Waals surface area contributed by atoms with Crippen molar-refractivity contribution in [3.8, 4) is 0 Å². The van der Waals surface area contributed by atoms with Gasteiger partial charge < -0.3 is 0 Å². The minimum Gasteiger partial charge on any atom is -0.103 e. The lowest BCUT2D eigenvalue weighted by molar-refractivity contribution is 0.951. The highest BCUT2D eigenvalue weighted by molar-refractivity contribution is 4.80. The Labute approximate surface area is 51.9 Å². The molecule has 45 valence electrons. The maximum absolute atomic E-state index is 3.58. The molecule has 0 heterocycles. The van der Waals surface area contributed by atoms with Crippen LogP contribution in [0, 0.1) is 6.08 Å². The molecule has 0 N–H and O–H groups in total. The van der Waals surface area contributed by atoms with Crippen molar-refractivity contribution in [2.24, 2.45) is 0 Å². The van der Waals surface area contributed by atoms with Gasteiger partial charge in [0, 0.05) is 0 Å². The van der Waals surface area contributed by atoms with Crippen LogP contribution in [0.25, 0.3) is 0 Å². The summed E-state index contributed by atoms with van der Waals surface area (Å²) in [7, 11) is 0. The number of hydrogen-bond acceptors (Lipinski definition) is 0. The van der Waals surface area contributed by atoms with E-state index in [-0.39, 0.29) is 0 Å². The largest absolute Gasteiger partial charge is 0.103 e. The predicted octanol–water partition coefficient (Wildman–Crippen LogP) is 2.72. The SMILES string of the molecule is C=CC/[C]=C/CCC. The second-order valence-electron chi connectivity index (χ2n) is 1.69. The van der Waals surface area contributed by atoms with E-state index in [9.17, 15) is 0 Å². The van der Waals surface area contributed by atoms with Crippen LogP contribution in [0.15, 0.2) is 18.7 Å². The fourth-order valence-electron chi connectivity index (χ4n) is 0.413. The van der Waals surface area contributed by atoms with E-state index < -0.39 is 0 Å². The Morgan fingerprint density at radius 2 is 2.38 bits per heavy atom. The van der Waals surface area contributed by atoms with E-state index >= 15 is 0 Å². The lowest BCUT2D eigenvalue weighted by Crippen LogP contribution is -1.61. The molecule has 0 atom stereocenters. The first-order chi connectivity index (χ1) is 3.91. The van der Waals surface area contributed by atoms with Crippen LogP contribution in [0.4, 0.5) is 0 Å². The maximum Gasteiger partial charge on any atom is -0.0101 e. The molecule has 0 rings (SSSR count). The van der Waals surface area contributed by atoms with Crippen molar-refractivity contribution >= 4 is 0 Å². The third-order valence-electron chi connectivity index (χ3n) is 0.840. The number of hydrogen-bond donors (Lipinski definition) is 0. The number of rotatable bonds is 4. The van der Waals surface area contributed by atoms with Crippen LogP contribution in [0.5, 0.6) is 0 Å². The standard InChI is InChI=1S/C8H13/c1-3-5-7-8-6-4-2/h3,8H,1,4-6H2,2H3. The lowest BCUT2D eigenvalue weighted by Gasteiger charge is -1.79. The molecule has 0 unspecified atom stereocenters. The Morgan fingerprint density at radius 3 is 2.88 bits per heavy atom. The third kappa shape index (κ3) is 5.48. The molecular weight excluding hydrogens is 96.1 g/mol. The Morgan fingerprint density at radius 1 is 1.62 bits per heavy atom. The molecule has 0 amide bonds. The maximum atomic E-state index is 3.58. The van der Waals surface area contributed by atoms with Crippen molar-refractivity contribution in [1.29, 1.82) is 0 Å². The van der Waals surface area contributed by atoms with Crippen LogP contribution in [0.2, 0.25) is 0 Å². The zero-order valence-electron chi connectivity index (χ0n) is 5.48. The van der Waals surface area contributed by atoms with E-state index in [0.29, 0.717) is 0 Å². The van der Waals surface area contributed by atoms with Crippen LogP contribution >= 0.6 is 0 Å². The zero-order valence-corrected chi connectivity index (χ0v) is 5.48. The van der Waals surface area contributed by atoms with E-state index in [4.69, 9.17) is 0 Å². The predicted molar refractivity (Wildman–Crippen MR) is 37.5 cm³/mol. The quantitative estimate of drug-likeness (QED) is 0.487. The second kappa shape index (κ2) is 6.48. The van der Waals surface area contributed by atoms with Crippen LogP contribution in [0.1, 0.15) is 26.2 Å². The summed E-state index contributed by atoms with van der Waals surface area (Å²) in [5.41, 5.74) is 0. The van der Waals surface area contributed by atoms with Crippen molar-refractivity contribution in [1.82, 2.24) is 0 Å². The molecule has 0 aliphatic rings. The van der Waals surface area contributed by atoms with Gasteiger partial charge in [0.2, 0.25) is 0 Å². The van der Waals surface area contributed by atoms with Gasteiger partial charge in [-0.15, -0.1) is 6.58 Å². The summed E-state index contributed by atoms with van der Waals surface area (Å²) in [6.07, 6.45) is 10.3. The van der Waals surface area contributed by atoms with Gasteiger partial charge in [-0.1, -0.05) is 25.5 Å². The minimum absolute atomic E-state index is 0.889. The van der Waals surface area contributed by atoms with Crippen molar-refractivity contribution in [3.63, 3.8) is 0 Å². The zero-order chi connectivity index (χ0) is 6.24. The molecule has 0 bridgehead atoms. The number of allylic oxidation sites excluding steroid dienone is 3. The Kier molecular flexibility index (Phi) is 6.06. The van der Waals surface area contributed by atoms with E-state index in [1.807, 2.05) is 6.08 Å². The highest BCUT2D eigenvalue weighted by Gasteiger charge is 1.70. The van der Waals surface area contributed by atoms with Gasteiger partial charge in [-0.2, -0.15) is 0 Å². The molecule has 0 saturated carbocycles. The fraction of sp³-hybridized carbons (Fsp3) is 0.500. The fourth-order valence-corrected chi connectivity index (χ4v) is 0.413. The normalized spacial score (nSPS) is 10.1. The highest BCUT2D eigenvalue weighted by Crippen LogP contribution is 1.89. The average Bonchev–Trinajstić information content (AvgIpc) is 1.81. The Balaban J connectivity index is 2.94. The summed E-state index contributed by atoms with van der Waals surface area (Å²) in [5, 5.41) is 0. The van der Waals surface area contributed by atoms with Crippen LogP contribution in [0.3, 0.4) is 0 Å². The average molecular weight is 109 g/mol. The first-order valence-corrected chi connectivity index (χ1v) is 3.07. The summed E-state index contributed by atoms with van der Waals surface area (Å²) in [4.78, 5) is 0. The molecule has 0 aliphatic carbocycles. The van der Waals surface area contributed by atoms with Crippen molar-refractivity contribution < 1.29 is 0 Å². The summed E-state index contributed by atoms with van der Waals surface area (Å²) in [6, 6.07) is 0. The van der Waals surface area contributed by atoms with Gasteiger partial charge in [0.1, 0.15) is 0 Å². The van der Waals surface area contributed by atoms with Crippen molar-refractivity contribution in [2.75, 3.05) is 0 Å². The molecule has 0 aromatic rings. The van der Waals surface area contributed by atoms with Crippen LogP contribution < -0.4 is 0 Å². The first-order valence-electron chi connectivity index (χ1n) is 3.07. The van der Waals surface area contributed by atoms with E-state index in [1.54, 1.807) is 0 Å². The van der Waals surface area contributed by atoms with Gasteiger partial charge in [0.05, 0.1) is 0 Å². The van der Waals surface area contributed by atoms with Gasteiger partial charge in [-0.25, -0.2) is 0 Å². The molecule has 0 aromatic heterocycles. The Bertz CT molecular complexity index is 70.1. The summed E-state index contributed by atoms with van der Waals surface area (Å²) < 4.78 is 0. The highest BCUT2D eigenvalue weighted by atomic mass is 13.8. The van der Waals surface area contributed by atoms with Crippen molar-refractivity contribution in [2.45, 2.75) is 26.2 Å². The molecule has 0 heteroatoms. The summed E-state index contributed by atoms with van der Waals surface area (Å²) in [5.74, 6) is 0. The first kappa shape index (κ1) is 7.48. The monoisotopic (exact) mass is 109 g/mol. The molecule has 0 nitrogen and oxygen atoms in total. The van der Waals surface area contributed by atoms with Crippen LogP contribution in [-0.4, -0.2) is 0 Å². The molecular formula is C8H13. The summed E-state index contributed by atoms with van der Waals surface area (Å²) in [6.45, 7) is 5.73. The van der Waals surface area contributed by atoms with Gasteiger partial charge in [-0.3, -0.25) is 0 Å². The minimum atomic E-state index is 0.889.